The van der Waals surface area contributed by atoms with Gasteiger partial charge in [0, 0.05) is 30.1 Å². The molecule has 0 unspecified atom stereocenters. The first-order valence-electron chi connectivity index (χ1n) is 11.1. The van der Waals surface area contributed by atoms with Crippen LogP contribution >= 0.6 is 22.9 Å². The Bertz CT molecular complexity index is 1330. The van der Waals surface area contributed by atoms with E-state index >= 15 is 0 Å². The van der Waals surface area contributed by atoms with Gasteiger partial charge in [-0.3, -0.25) is 19.9 Å². The van der Waals surface area contributed by atoms with Crippen LogP contribution in [0.1, 0.15) is 45.5 Å². The molecule has 1 aliphatic rings. The molecule has 2 heterocycles. The first-order valence-corrected chi connectivity index (χ1v) is 12.3. The van der Waals surface area contributed by atoms with E-state index in [4.69, 9.17) is 26.3 Å². The highest BCUT2D eigenvalue weighted by molar-refractivity contribution is 7.14. The molecule has 0 radical (unpaired) electrons. The van der Waals surface area contributed by atoms with Gasteiger partial charge >= 0.3 is 0 Å². The normalized spacial score (nSPS) is 13.6. The number of ether oxygens (including phenoxy) is 2. The van der Waals surface area contributed by atoms with Gasteiger partial charge in [0.1, 0.15) is 17.2 Å². The fourth-order valence-corrected chi connectivity index (χ4v) is 3.93. The first-order chi connectivity index (χ1) is 17.4. The summed E-state index contributed by atoms with van der Waals surface area (Å²) in [5, 5.41) is 14.2. The number of pyridine rings is 1. The number of hydrogen-bond donors (Lipinski definition) is 2. The van der Waals surface area contributed by atoms with Crippen LogP contribution in [0, 0.1) is 17.4 Å². The van der Waals surface area contributed by atoms with Crippen LogP contribution < -0.4 is 20.1 Å². The Kier molecular flexibility index (Phi) is 8.15. The number of nitriles is 1. The Morgan fingerprint density at radius 3 is 2.86 bits per heavy atom. The average molecular weight is 524 g/mol. The van der Waals surface area contributed by atoms with Crippen molar-refractivity contribution >= 4 is 40.8 Å². The molecule has 9 nitrogen and oxygen atoms in total. The molecule has 2 aromatic heterocycles. The quantitative estimate of drug-likeness (QED) is 0.288. The molecule has 0 saturated heterocycles. The molecule has 2 amide bonds. The molecule has 1 aliphatic carbocycles. The lowest BCUT2D eigenvalue weighted by Gasteiger charge is -2.10. The van der Waals surface area contributed by atoms with Crippen molar-refractivity contribution in [2.45, 2.75) is 25.8 Å². The molecule has 11 heteroatoms. The van der Waals surface area contributed by atoms with Crippen molar-refractivity contribution < 1.29 is 19.1 Å². The Balaban J connectivity index is 1.31. The van der Waals surface area contributed by atoms with E-state index in [0.29, 0.717) is 34.2 Å². The summed E-state index contributed by atoms with van der Waals surface area (Å²) < 4.78 is 11.5. The number of halogens is 1. The molecule has 3 aromatic rings. The Hall–Kier alpha value is -3.94. The van der Waals surface area contributed by atoms with Crippen molar-refractivity contribution in [3.05, 3.63) is 70.0 Å². The molecule has 2 N–H and O–H groups in total. The average Bonchev–Trinajstić information content (AvgIpc) is 3.60. The highest BCUT2D eigenvalue weighted by Crippen LogP contribution is 2.35. The van der Waals surface area contributed by atoms with Crippen molar-refractivity contribution in [3.8, 4) is 22.9 Å². The molecule has 1 atom stereocenters. The van der Waals surface area contributed by atoms with E-state index in [1.807, 2.05) is 24.4 Å². The van der Waals surface area contributed by atoms with Gasteiger partial charge < -0.3 is 14.8 Å². The lowest BCUT2D eigenvalue weighted by Crippen LogP contribution is -2.31. The SMILES string of the molecule is C[C@@H](/C=C/c1cnc(Oc2ccc(OCC3CC3)cc2Cl)s1)NC(=O)c1ccnc(C(=O)NC#N)c1. The molecule has 36 heavy (non-hydrogen) atoms. The van der Waals surface area contributed by atoms with Gasteiger partial charge in [-0.1, -0.05) is 29.0 Å². The van der Waals surface area contributed by atoms with Gasteiger partial charge in [-0.25, -0.2) is 4.98 Å². The second-order valence-corrected chi connectivity index (χ2v) is 9.53. The maximum Gasteiger partial charge on any atom is 0.282 e. The van der Waals surface area contributed by atoms with Crippen LogP contribution in [0.4, 0.5) is 0 Å². The van der Waals surface area contributed by atoms with E-state index in [9.17, 15) is 9.59 Å². The summed E-state index contributed by atoms with van der Waals surface area (Å²) in [7, 11) is 0. The summed E-state index contributed by atoms with van der Waals surface area (Å²) in [5.41, 5.74) is 0.229. The molecule has 1 aromatic carbocycles. The van der Waals surface area contributed by atoms with Gasteiger partial charge in [-0.05, 0) is 56.0 Å². The number of hydrogen-bond acceptors (Lipinski definition) is 8. The fraction of sp³-hybridized carbons (Fsp3) is 0.240. The molecule has 0 bridgehead atoms. The Morgan fingerprint density at radius 1 is 1.28 bits per heavy atom. The Morgan fingerprint density at radius 2 is 2.11 bits per heavy atom. The molecular formula is C25H22ClN5O4S. The molecule has 184 valence electrons. The zero-order valence-corrected chi connectivity index (χ0v) is 20.8. The van der Waals surface area contributed by atoms with E-state index in [-0.39, 0.29) is 23.2 Å². The minimum atomic E-state index is -0.678. The first kappa shape index (κ1) is 25.2. The van der Waals surface area contributed by atoms with E-state index in [2.05, 4.69) is 15.3 Å². The summed E-state index contributed by atoms with van der Waals surface area (Å²) >= 11 is 7.67. The summed E-state index contributed by atoms with van der Waals surface area (Å²) in [6.07, 6.45) is 10.6. The van der Waals surface area contributed by atoms with Crippen molar-refractivity contribution in [3.63, 3.8) is 0 Å². The standard InChI is InChI=1S/C25H22ClN5O4S/c1-15(31-23(32)17-8-9-28-21(10-17)24(33)30-14-27)2-6-19-12-29-25(36-19)35-22-7-5-18(11-20(22)26)34-13-16-3-4-16/h2,5-12,15-16H,3-4,13H2,1H3,(H,30,33)(H,31,32)/b6-2+/t15-/m0/s1. The number of nitrogens with one attached hydrogen (secondary N) is 2. The predicted molar refractivity (Wildman–Crippen MR) is 135 cm³/mol. The predicted octanol–water partition coefficient (Wildman–Crippen LogP) is 4.82. The van der Waals surface area contributed by atoms with E-state index < -0.39 is 5.91 Å². The van der Waals surface area contributed by atoms with Gasteiger partial charge in [0.05, 0.1) is 16.5 Å². The zero-order chi connectivity index (χ0) is 25.5. The highest BCUT2D eigenvalue weighted by Gasteiger charge is 2.22. The van der Waals surface area contributed by atoms with E-state index in [0.717, 1.165) is 4.88 Å². The highest BCUT2D eigenvalue weighted by atomic mass is 35.5. The summed E-state index contributed by atoms with van der Waals surface area (Å²) in [4.78, 5) is 33.2. The Labute approximate surface area is 216 Å². The third-order valence-electron chi connectivity index (χ3n) is 5.12. The smallest absolute Gasteiger partial charge is 0.282 e. The molecule has 1 fully saturated rings. The van der Waals surface area contributed by atoms with Gasteiger partial charge in [0.25, 0.3) is 17.0 Å². The van der Waals surface area contributed by atoms with Crippen LogP contribution in [0.25, 0.3) is 6.08 Å². The lowest BCUT2D eigenvalue weighted by atomic mass is 10.2. The second-order valence-electron chi connectivity index (χ2n) is 8.09. The second kappa shape index (κ2) is 11.7. The number of carbonyl (C=O) groups is 2. The maximum absolute atomic E-state index is 12.5. The van der Waals surface area contributed by atoms with Crippen molar-refractivity contribution in [1.82, 2.24) is 20.6 Å². The topological polar surface area (TPSA) is 126 Å². The van der Waals surface area contributed by atoms with Crippen LogP contribution in [-0.2, 0) is 0 Å². The summed E-state index contributed by atoms with van der Waals surface area (Å²) in [5.74, 6) is 0.799. The number of nitrogens with zero attached hydrogens (tertiary/aromatic N) is 3. The third-order valence-corrected chi connectivity index (χ3v) is 6.25. The minimum Gasteiger partial charge on any atom is -0.493 e. The largest absolute Gasteiger partial charge is 0.493 e. The third kappa shape index (κ3) is 7.04. The maximum atomic E-state index is 12.5. The van der Waals surface area contributed by atoms with Gasteiger partial charge in [-0.15, -0.1) is 0 Å². The van der Waals surface area contributed by atoms with Crippen molar-refractivity contribution in [2.75, 3.05) is 6.61 Å². The molecule has 0 spiro atoms. The van der Waals surface area contributed by atoms with Gasteiger partial charge in [-0.2, -0.15) is 5.26 Å². The monoisotopic (exact) mass is 523 g/mol. The minimum absolute atomic E-state index is 0.0230. The molecular weight excluding hydrogens is 502 g/mol. The number of aromatic nitrogens is 2. The van der Waals surface area contributed by atoms with Crippen LogP contribution in [0.15, 0.2) is 48.8 Å². The van der Waals surface area contributed by atoms with Crippen LogP contribution in [0.2, 0.25) is 5.02 Å². The fourth-order valence-electron chi connectivity index (χ4n) is 3.03. The summed E-state index contributed by atoms with van der Waals surface area (Å²) in [6, 6.07) is 7.81. The van der Waals surface area contributed by atoms with Crippen LogP contribution in [0.3, 0.4) is 0 Å². The van der Waals surface area contributed by atoms with Gasteiger partial charge in [0.2, 0.25) is 0 Å². The molecule has 4 rings (SSSR count). The molecule has 1 saturated carbocycles. The van der Waals surface area contributed by atoms with Crippen molar-refractivity contribution in [2.24, 2.45) is 5.92 Å². The van der Waals surface area contributed by atoms with E-state index in [1.54, 1.807) is 24.4 Å². The number of benzene rings is 1. The lowest BCUT2D eigenvalue weighted by molar-refractivity contribution is 0.0947. The zero-order valence-electron chi connectivity index (χ0n) is 19.2. The van der Waals surface area contributed by atoms with Gasteiger partial charge in [0.15, 0.2) is 6.19 Å². The number of carbonyl (C=O) groups excluding carboxylic acids is 2. The van der Waals surface area contributed by atoms with E-state index in [1.165, 1.54) is 48.7 Å². The number of thiazole rings is 1. The number of amides is 2. The van der Waals surface area contributed by atoms with Crippen LogP contribution in [0.5, 0.6) is 16.7 Å². The number of rotatable bonds is 10. The van der Waals surface area contributed by atoms with Crippen molar-refractivity contribution in [1.29, 1.82) is 5.26 Å². The molecule has 0 aliphatic heterocycles. The van der Waals surface area contributed by atoms with Crippen LogP contribution in [-0.4, -0.2) is 34.4 Å². The summed E-state index contributed by atoms with van der Waals surface area (Å²) in [6.45, 7) is 2.52.